The van der Waals surface area contributed by atoms with Gasteiger partial charge in [0.25, 0.3) is 0 Å². The number of halogens is 1. The minimum absolute atomic E-state index is 0.185. The molecule has 1 aliphatic rings. The molecule has 0 saturated carbocycles. The van der Waals surface area contributed by atoms with E-state index in [1.165, 1.54) is 12.1 Å². The molecule has 1 aliphatic heterocycles. The Kier molecular flexibility index (Phi) is 5.05. The monoisotopic (exact) mass is 265 g/mol. The molecule has 0 amide bonds. The summed E-state index contributed by atoms with van der Waals surface area (Å²) in [4.78, 5) is 14.1. The SMILES string of the molecule is COCC1CCN(CC(=O)Cc2ccc(F)cc2)C1. The molecule has 1 heterocycles. The highest BCUT2D eigenvalue weighted by Crippen LogP contribution is 2.16. The summed E-state index contributed by atoms with van der Waals surface area (Å²) in [5, 5.41) is 0. The molecule has 2 rings (SSSR count). The number of ketones is 1. The second kappa shape index (κ2) is 6.78. The van der Waals surface area contributed by atoms with Crippen LogP contribution in [0.5, 0.6) is 0 Å². The van der Waals surface area contributed by atoms with Gasteiger partial charge in [-0.15, -0.1) is 0 Å². The first-order valence-corrected chi connectivity index (χ1v) is 6.65. The predicted molar refractivity (Wildman–Crippen MR) is 71.5 cm³/mol. The molecule has 19 heavy (non-hydrogen) atoms. The van der Waals surface area contributed by atoms with Crippen molar-refractivity contribution in [1.29, 1.82) is 0 Å². The van der Waals surface area contributed by atoms with Crippen molar-refractivity contribution in [3.8, 4) is 0 Å². The van der Waals surface area contributed by atoms with Crippen LogP contribution in [0.25, 0.3) is 0 Å². The van der Waals surface area contributed by atoms with Crippen molar-refractivity contribution in [3.63, 3.8) is 0 Å². The van der Waals surface area contributed by atoms with Crippen LogP contribution in [-0.4, -0.2) is 44.0 Å². The molecule has 0 bridgehead atoms. The molecular formula is C15H20FNO2. The number of methoxy groups -OCH3 is 1. The Morgan fingerprint density at radius 1 is 1.42 bits per heavy atom. The molecule has 1 atom stereocenters. The number of nitrogens with zero attached hydrogens (tertiary/aromatic N) is 1. The molecule has 1 aromatic carbocycles. The van der Waals surface area contributed by atoms with Crippen LogP contribution in [-0.2, 0) is 16.0 Å². The first-order chi connectivity index (χ1) is 9.17. The molecule has 1 saturated heterocycles. The van der Waals surface area contributed by atoms with Crippen molar-refractivity contribution >= 4 is 5.78 Å². The Balaban J connectivity index is 1.77. The highest BCUT2D eigenvalue weighted by Gasteiger charge is 2.23. The quantitative estimate of drug-likeness (QED) is 0.787. The summed E-state index contributed by atoms with van der Waals surface area (Å²) in [5.74, 6) is 0.464. The maximum Gasteiger partial charge on any atom is 0.151 e. The first kappa shape index (κ1) is 14.2. The smallest absolute Gasteiger partial charge is 0.151 e. The van der Waals surface area contributed by atoms with Crippen LogP contribution in [0.3, 0.4) is 0 Å². The number of rotatable bonds is 6. The summed E-state index contributed by atoms with van der Waals surface area (Å²) < 4.78 is 17.9. The van der Waals surface area contributed by atoms with Crippen molar-refractivity contribution in [1.82, 2.24) is 4.90 Å². The molecule has 3 nitrogen and oxygen atoms in total. The topological polar surface area (TPSA) is 29.5 Å². The van der Waals surface area contributed by atoms with Crippen LogP contribution in [0.2, 0.25) is 0 Å². The summed E-state index contributed by atoms with van der Waals surface area (Å²) in [6, 6.07) is 6.13. The maximum absolute atomic E-state index is 12.8. The summed E-state index contributed by atoms with van der Waals surface area (Å²) in [7, 11) is 1.71. The van der Waals surface area contributed by atoms with Crippen LogP contribution < -0.4 is 0 Å². The van der Waals surface area contributed by atoms with E-state index in [0.29, 0.717) is 18.9 Å². The Hall–Kier alpha value is -1.26. The molecule has 0 aromatic heterocycles. The van der Waals surface area contributed by atoms with Crippen LogP contribution in [0.4, 0.5) is 4.39 Å². The number of Topliss-reactive ketones (excluding diaryl/α,β-unsaturated/α-hetero) is 1. The number of likely N-dealkylation sites (tertiary alicyclic amines) is 1. The van der Waals surface area contributed by atoms with Crippen LogP contribution in [0.1, 0.15) is 12.0 Å². The average molecular weight is 265 g/mol. The number of ether oxygens (including phenoxy) is 1. The lowest BCUT2D eigenvalue weighted by Gasteiger charge is -2.14. The third-order valence-corrected chi connectivity index (χ3v) is 3.49. The van der Waals surface area contributed by atoms with Crippen LogP contribution >= 0.6 is 0 Å². The standard InChI is InChI=1S/C15H20FNO2/c1-19-11-13-6-7-17(9-13)10-15(18)8-12-2-4-14(16)5-3-12/h2-5,13H,6-11H2,1H3. The number of hydrogen-bond acceptors (Lipinski definition) is 3. The number of benzene rings is 1. The normalized spacial score (nSPS) is 19.8. The summed E-state index contributed by atoms with van der Waals surface area (Å²) in [6.45, 7) is 3.15. The van der Waals surface area contributed by atoms with Gasteiger partial charge in [0, 0.05) is 20.1 Å². The molecule has 1 aromatic rings. The summed E-state index contributed by atoms with van der Waals surface area (Å²) >= 11 is 0. The van der Waals surface area contributed by atoms with Gasteiger partial charge in [0.1, 0.15) is 5.82 Å². The number of carbonyl (C=O) groups is 1. The highest BCUT2D eigenvalue weighted by molar-refractivity contribution is 5.82. The second-order valence-electron chi connectivity index (χ2n) is 5.19. The maximum atomic E-state index is 12.8. The third kappa shape index (κ3) is 4.40. The molecule has 4 heteroatoms. The Labute approximate surface area is 113 Å². The van der Waals surface area contributed by atoms with E-state index >= 15 is 0 Å². The zero-order chi connectivity index (χ0) is 13.7. The van der Waals surface area contributed by atoms with Crippen molar-refractivity contribution in [2.45, 2.75) is 12.8 Å². The van der Waals surface area contributed by atoms with Gasteiger partial charge in [0.05, 0.1) is 13.2 Å². The van der Waals surface area contributed by atoms with E-state index in [-0.39, 0.29) is 11.6 Å². The van der Waals surface area contributed by atoms with Gasteiger partial charge in [-0.25, -0.2) is 4.39 Å². The lowest BCUT2D eigenvalue weighted by molar-refractivity contribution is -0.119. The van der Waals surface area contributed by atoms with Crippen molar-refractivity contribution < 1.29 is 13.9 Å². The molecule has 0 spiro atoms. The van der Waals surface area contributed by atoms with E-state index in [1.54, 1.807) is 19.2 Å². The third-order valence-electron chi connectivity index (χ3n) is 3.49. The lowest BCUT2D eigenvalue weighted by Crippen LogP contribution is -2.29. The van der Waals surface area contributed by atoms with Gasteiger partial charge in [0.15, 0.2) is 5.78 Å². The van der Waals surface area contributed by atoms with E-state index in [0.717, 1.165) is 31.7 Å². The molecule has 0 aliphatic carbocycles. The van der Waals surface area contributed by atoms with Crippen molar-refractivity contribution in [3.05, 3.63) is 35.6 Å². The van der Waals surface area contributed by atoms with Crippen molar-refractivity contribution in [2.24, 2.45) is 5.92 Å². The Morgan fingerprint density at radius 2 is 2.16 bits per heavy atom. The Bertz CT molecular complexity index is 419. The lowest BCUT2D eigenvalue weighted by atomic mass is 10.1. The van der Waals surface area contributed by atoms with E-state index in [2.05, 4.69) is 4.90 Å². The fourth-order valence-corrected chi connectivity index (χ4v) is 2.56. The van der Waals surface area contributed by atoms with Crippen molar-refractivity contribution in [2.75, 3.05) is 33.4 Å². The first-order valence-electron chi connectivity index (χ1n) is 6.65. The van der Waals surface area contributed by atoms with E-state index in [1.807, 2.05) is 0 Å². The van der Waals surface area contributed by atoms with Gasteiger partial charge >= 0.3 is 0 Å². The van der Waals surface area contributed by atoms with Gasteiger partial charge in [-0.3, -0.25) is 9.69 Å². The molecule has 0 radical (unpaired) electrons. The molecule has 1 unspecified atom stereocenters. The zero-order valence-electron chi connectivity index (χ0n) is 11.3. The van der Waals surface area contributed by atoms with E-state index in [4.69, 9.17) is 4.74 Å². The van der Waals surface area contributed by atoms with E-state index in [9.17, 15) is 9.18 Å². The summed E-state index contributed by atoms with van der Waals surface area (Å²) in [5.41, 5.74) is 0.874. The van der Waals surface area contributed by atoms with E-state index < -0.39 is 0 Å². The van der Waals surface area contributed by atoms with Gasteiger partial charge < -0.3 is 4.74 Å². The summed E-state index contributed by atoms with van der Waals surface area (Å²) in [6.07, 6.45) is 1.48. The predicted octanol–water partition coefficient (Wildman–Crippen LogP) is 1.91. The largest absolute Gasteiger partial charge is 0.384 e. The number of hydrogen-bond donors (Lipinski definition) is 0. The molecule has 104 valence electrons. The van der Waals surface area contributed by atoms with Crippen LogP contribution in [0.15, 0.2) is 24.3 Å². The van der Waals surface area contributed by atoms with Gasteiger partial charge in [-0.05, 0) is 36.6 Å². The van der Waals surface area contributed by atoms with Gasteiger partial charge in [-0.2, -0.15) is 0 Å². The fourth-order valence-electron chi connectivity index (χ4n) is 2.56. The Morgan fingerprint density at radius 3 is 2.84 bits per heavy atom. The van der Waals surface area contributed by atoms with Gasteiger partial charge in [0.2, 0.25) is 0 Å². The van der Waals surface area contributed by atoms with Gasteiger partial charge in [-0.1, -0.05) is 12.1 Å². The highest BCUT2D eigenvalue weighted by atomic mass is 19.1. The minimum Gasteiger partial charge on any atom is -0.384 e. The molecule has 0 N–H and O–H groups in total. The van der Waals surface area contributed by atoms with Crippen LogP contribution in [0, 0.1) is 11.7 Å². The molecular weight excluding hydrogens is 245 g/mol. The minimum atomic E-state index is -0.266. The fraction of sp³-hybridized carbons (Fsp3) is 0.533. The zero-order valence-corrected chi connectivity index (χ0v) is 11.3. The molecule has 1 fully saturated rings. The average Bonchev–Trinajstić information content (AvgIpc) is 2.80. The second-order valence-corrected chi connectivity index (χ2v) is 5.19. The number of carbonyl (C=O) groups excluding carboxylic acids is 1.